The molecule has 0 aromatic heterocycles. The molecule has 2 rings (SSSR count). The van der Waals surface area contributed by atoms with Crippen molar-refractivity contribution in [1.82, 2.24) is 4.90 Å². The van der Waals surface area contributed by atoms with Gasteiger partial charge in [-0.25, -0.2) is 0 Å². The van der Waals surface area contributed by atoms with E-state index < -0.39 is 0 Å². The van der Waals surface area contributed by atoms with Crippen molar-refractivity contribution in [2.24, 2.45) is 5.73 Å². The predicted molar refractivity (Wildman–Crippen MR) is 79.7 cm³/mol. The Morgan fingerprint density at radius 3 is 2.37 bits per heavy atom. The third-order valence-electron chi connectivity index (χ3n) is 4.37. The van der Waals surface area contributed by atoms with Gasteiger partial charge in [0.15, 0.2) is 0 Å². The molecule has 0 saturated heterocycles. The molecule has 0 aromatic carbocycles. The van der Waals surface area contributed by atoms with Crippen LogP contribution in [0.2, 0.25) is 0 Å². The maximum absolute atomic E-state index is 9.68. The Balaban J connectivity index is 2.16. The van der Waals surface area contributed by atoms with E-state index in [-0.39, 0.29) is 12.1 Å². The van der Waals surface area contributed by atoms with Crippen LogP contribution in [0.1, 0.15) is 52.9 Å². The van der Waals surface area contributed by atoms with Crippen LogP contribution in [-0.4, -0.2) is 34.2 Å². The first-order valence-corrected chi connectivity index (χ1v) is 7.58. The normalized spacial score (nSPS) is 32.0. The molecule has 0 aliphatic heterocycles. The Labute approximate surface area is 117 Å². The first kappa shape index (κ1) is 14.6. The van der Waals surface area contributed by atoms with E-state index >= 15 is 0 Å². The summed E-state index contributed by atoms with van der Waals surface area (Å²) in [6.07, 6.45) is 9.26. The zero-order chi connectivity index (χ0) is 14.0. The van der Waals surface area contributed by atoms with E-state index in [1.54, 1.807) is 0 Å². The van der Waals surface area contributed by atoms with E-state index in [4.69, 9.17) is 5.73 Å². The molecule has 3 nitrogen and oxygen atoms in total. The third kappa shape index (κ3) is 3.40. The van der Waals surface area contributed by atoms with Gasteiger partial charge in [0.2, 0.25) is 0 Å². The second kappa shape index (κ2) is 6.10. The molecule has 0 spiro atoms. The molecule has 3 N–H and O–H groups in total. The summed E-state index contributed by atoms with van der Waals surface area (Å²) in [6.45, 7) is 6.62. The topological polar surface area (TPSA) is 49.5 Å². The molecular formula is C16H28N2O. The maximum atomic E-state index is 9.68. The fourth-order valence-corrected chi connectivity index (χ4v) is 3.42. The van der Waals surface area contributed by atoms with Crippen molar-refractivity contribution < 1.29 is 5.11 Å². The monoisotopic (exact) mass is 264 g/mol. The number of aliphatic hydroxyl groups is 1. The Kier molecular flexibility index (Phi) is 4.69. The Morgan fingerprint density at radius 1 is 1.21 bits per heavy atom. The molecule has 1 fully saturated rings. The number of nitrogens with two attached hydrogens (primary N) is 1. The van der Waals surface area contributed by atoms with E-state index in [9.17, 15) is 5.11 Å². The summed E-state index contributed by atoms with van der Waals surface area (Å²) in [6, 6.07) is 1.12. The van der Waals surface area contributed by atoms with Crippen molar-refractivity contribution in [2.75, 3.05) is 0 Å². The van der Waals surface area contributed by atoms with Crippen LogP contribution in [0.3, 0.4) is 0 Å². The highest BCUT2D eigenvalue weighted by atomic mass is 16.3. The zero-order valence-electron chi connectivity index (χ0n) is 12.5. The van der Waals surface area contributed by atoms with Crippen LogP contribution in [0.5, 0.6) is 0 Å². The Morgan fingerprint density at radius 2 is 1.84 bits per heavy atom. The Hall–Kier alpha value is -0.800. The van der Waals surface area contributed by atoms with Gasteiger partial charge < -0.3 is 15.7 Å². The van der Waals surface area contributed by atoms with Crippen LogP contribution >= 0.6 is 0 Å². The van der Waals surface area contributed by atoms with Crippen molar-refractivity contribution in [1.29, 1.82) is 0 Å². The van der Waals surface area contributed by atoms with Crippen LogP contribution in [0.25, 0.3) is 0 Å². The van der Waals surface area contributed by atoms with E-state index in [1.165, 1.54) is 11.3 Å². The summed E-state index contributed by atoms with van der Waals surface area (Å²) >= 11 is 0. The van der Waals surface area contributed by atoms with Crippen LogP contribution in [0.15, 0.2) is 23.4 Å². The molecule has 0 heterocycles. The largest absolute Gasteiger partial charge is 0.393 e. The Bertz CT molecular complexity index is 365. The number of allylic oxidation sites excluding steroid dienone is 2. The molecule has 0 amide bonds. The lowest BCUT2D eigenvalue weighted by Crippen LogP contribution is -2.47. The number of hydrogen-bond donors (Lipinski definition) is 2. The highest BCUT2D eigenvalue weighted by molar-refractivity contribution is 5.28. The first-order valence-electron chi connectivity index (χ1n) is 7.58. The average Bonchev–Trinajstić information content (AvgIpc) is 2.34. The van der Waals surface area contributed by atoms with Gasteiger partial charge in [-0.3, -0.25) is 0 Å². The second-order valence-electron chi connectivity index (χ2n) is 6.38. The van der Waals surface area contributed by atoms with Gasteiger partial charge in [0.1, 0.15) is 0 Å². The molecule has 2 aliphatic rings. The lowest BCUT2D eigenvalue weighted by Gasteiger charge is -2.44. The molecule has 1 atom stereocenters. The number of hydrogen-bond acceptors (Lipinski definition) is 3. The van der Waals surface area contributed by atoms with Crippen molar-refractivity contribution in [3.63, 3.8) is 0 Å². The summed E-state index contributed by atoms with van der Waals surface area (Å²) in [7, 11) is 0. The van der Waals surface area contributed by atoms with Gasteiger partial charge in [-0.15, -0.1) is 0 Å². The van der Waals surface area contributed by atoms with E-state index in [1.807, 2.05) is 0 Å². The average molecular weight is 264 g/mol. The van der Waals surface area contributed by atoms with E-state index in [0.717, 1.165) is 32.1 Å². The predicted octanol–water partition coefficient (Wildman–Crippen LogP) is 2.56. The summed E-state index contributed by atoms with van der Waals surface area (Å²) < 4.78 is 0. The third-order valence-corrected chi connectivity index (χ3v) is 4.37. The molecule has 1 saturated carbocycles. The van der Waals surface area contributed by atoms with Crippen LogP contribution in [0, 0.1) is 0 Å². The molecule has 0 aromatic rings. The molecule has 1 unspecified atom stereocenters. The lowest BCUT2D eigenvalue weighted by atomic mass is 9.89. The second-order valence-corrected chi connectivity index (χ2v) is 6.38. The fraction of sp³-hybridized carbons (Fsp3) is 0.750. The van der Waals surface area contributed by atoms with Gasteiger partial charge in [0, 0.05) is 23.8 Å². The van der Waals surface area contributed by atoms with Gasteiger partial charge in [-0.1, -0.05) is 11.6 Å². The van der Waals surface area contributed by atoms with Crippen LogP contribution in [0.4, 0.5) is 0 Å². The van der Waals surface area contributed by atoms with Gasteiger partial charge in [0.05, 0.1) is 6.10 Å². The molecular weight excluding hydrogens is 236 g/mol. The van der Waals surface area contributed by atoms with Crippen LogP contribution in [-0.2, 0) is 0 Å². The molecule has 0 radical (unpaired) electrons. The minimum atomic E-state index is -0.0959. The van der Waals surface area contributed by atoms with Gasteiger partial charge >= 0.3 is 0 Å². The molecule has 0 bridgehead atoms. The standard InChI is InChI=1S/C16H28N2O/c1-11(2)18(13-5-7-14(19)8-6-13)16-9-4-12(3)10-15(16)17/h4,9,11,13-15,19H,5-8,10,17H2,1-3H3. The number of aliphatic hydroxyl groups excluding tert-OH is 1. The summed E-state index contributed by atoms with van der Waals surface area (Å²) in [5, 5.41) is 9.68. The van der Waals surface area contributed by atoms with Gasteiger partial charge in [0.25, 0.3) is 0 Å². The maximum Gasteiger partial charge on any atom is 0.0541 e. The minimum Gasteiger partial charge on any atom is -0.393 e. The number of nitrogens with zero attached hydrogens (tertiary/aromatic N) is 1. The van der Waals surface area contributed by atoms with E-state index in [2.05, 4.69) is 37.8 Å². The molecule has 19 heavy (non-hydrogen) atoms. The van der Waals surface area contributed by atoms with Gasteiger partial charge in [-0.05, 0) is 59.0 Å². The summed E-state index contributed by atoms with van der Waals surface area (Å²) in [5.74, 6) is 0. The van der Waals surface area contributed by atoms with Gasteiger partial charge in [-0.2, -0.15) is 0 Å². The van der Waals surface area contributed by atoms with Crippen LogP contribution < -0.4 is 5.73 Å². The van der Waals surface area contributed by atoms with Crippen molar-refractivity contribution in [3.8, 4) is 0 Å². The molecule has 3 heteroatoms. The lowest BCUT2D eigenvalue weighted by molar-refractivity contribution is 0.0734. The summed E-state index contributed by atoms with van der Waals surface area (Å²) in [4.78, 5) is 2.50. The number of rotatable bonds is 3. The van der Waals surface area contributed by atoms with Crippen molar-refractivity contribution >= 4 is 0 Å². The van der Waals surface area contributed by atoms with Crippen molar-refractivity contribution in [2.45, 2.75) is 77.1 Å². The smallest absolute Gasteiger partial charge is 0.0541 e. The molecule has 2 aliphatic carbocycles. The fourth-order valence-electron chi connectivity index (χ4n) is 3.42. The molecule has 108 valence electrons. The minimum absolute atomic E-state index is 0.0959. The summed E-state index contributed by atoms with van der Waals surface area (Å²) in [5.41, 5.74) is 8.98. The highest BCUT2D eigenvalue weighted by Crippen LogP contribution is 2.31. The quantitative estimate of drug-likeness (QED) is 0.823. The first-order chi connectivity index (χ1) is 8.99. The SMILES string of the molecule is CC1=CC=C(N(C(C)C)C2CCC(O)CC2)C(N)C1. The van der Waals surface area contributed by atoms with E-state index in [0.29, 0.717) is 12.1 Å². The highest BCUT2D eigenvalue weighted by Gasteiger charge is 2.30. The zero-order valence-corrected chi connectivity index (χ0v) is 12.5. The van der Waals surface area contributed by atoms with Crippen molar-refractivity contribution in [3.05, 3.63) is 23.4 Å².